The molecule has 1 aromatic rings. The van der Waals surface area contributed by atoms with E-state index in [9.17, 15) is 9.90 Å². The highest BCUT2D eigenvalue weighted by Gasteiger charge is 2.26. The summed E-state index contributed by atoms with van der Waals surface area (Å²) < 4.78 is 10.7. The highest BCUT2D eigenvalue weighted by atomic mass is 35.5. The lowest BCUT2D eigenvalue weighted by atomic mass is 10.1. The number of ether oxygens (including phenoxy) is 2. The van der Waals surface area contributed by atoms with Crippen molar-refractivity contribution < 1.29 is 19.4 Å². The molecule has 2 rings (SSSR count). The van der Waals surface area contributed by atoms with Crippen molar-refractivity contribution in [2.45, 2.75) is 0 Å². The summed E-state index contributed by atoms with van der Waals surface area (Å²) in [7, 11) is 1.64. The smallest absolute Gasteiger partial charge is 0.184 e. The molecule has 0 amide bonds. The number of likely N-dealkylation sites (N-methyl/N-ethyl adjacent to an activating group) is 1. The van der Waals surface area contributed by atoms with E-state index in [1.54, 1.807) is 7.05 Å². The number of hydrogen-bond donors (Lipinski definition) is 2. The van der Waals surface area contributed by atoms with Crippen molar-refractivity contribution in [3.05, 3.63) is 16.7 Å². The van der Waals surface area contributed by atoms with Crippen molar-refractivity contribution in [2.24, 2.45) is 0 Å². The quantitative estimate of drug-likeness (QED) is 0.797. The Kier molecular flexibility index (Phi) is 3.40. The van der Waals surface area contributed by atoms with Crippen LogP contribution in [0.5, 0.6) is 17.2 Å². The molecule has 1 aromatic carbocycles. The van der Waals surface area contributed by atoms with E-state index in [0.29, 0.717) is 19.0 Å². The van der Waals surface area contributed by atoms with E-state index in [4.69, 9.17) is 21.1 Å². The van der Waals surface area contributed by atoms with Crippen LogP contribution in [0.25, 0.3) is 0 Å². The molecule has 0 atom stereocenters. The van der Waals surface area contributed by atoms with Gasteiger partial charge in [0.15, 0.2) is 17.3 Å². The molecule has 0 unspecified atom stereocenters. The first-order valence-corrected chi connectivity index (χ1v) is 5.51. The van der Waals surface area contributed by atoms with Gasteiger partial charge in [-0.15, -0.1) is 0 Å². The van der Waals surface area contributed by atoms with Crippen LogP contribution in [0.2, 0.25) is 5.02 Å². The van der Waals surface area contributed by atoms with Crippen molar-refractivity contribution in [3.63, 3.8) is 0 Å². The molecule has 0 aliphatic carbocycles. The zero-order valence-electron chi connectivity index (χ0n) is 9.25. The summed E-state index contributed by atoms with van der Waals surface area (Å²) in [4.78, 5) is 11.9. The number of rotatable bonds is 3. The molecule has 17 heavy (non-hydrogen) atoms. The first-order valence-electron chi connectivity index (χ1n) is 5.14. The molecular formula is C11H12ClNO4. The zero-order chi connectivity index (χ0) is 12.4. The highest BCUT2D eigenvalue weighted by molar-refractivity contribution is 6.33. The molecule has 6 heteroatoms. The van der Waals surface area contributed by atoms with Gasteiger partial charge in [0.05, 0.1) is 11.6 Å². The fourth-order valence-corrected chi connectivity index (χ4v) is 1.85. The van der Waals surface area contributed by atoms with E-state index in [1.165, 1.54) is 6.07 Å². The van der Waals surface area contributed by atoms with Crippen molar-refractivity contribution >= 4 is 17.4 Å². The molecule has 0 fully saturated rings. The number of carbonyl (C=O) groups excluding carboxylic acids is 1. The van der Waals surface area contributed by atoms with Crippen LogP contribution in [0.1, 0.15) is 10.4 Å². The number of Topliss-reactive ketones (excluding diaryl/α,β-unsaturated/α-hetero) is 1. The van der Waals surface area contributed by atoms with Crippen LogP contribution < -0.4 is 14.8 Å². The lowest BCUT2D eigenvalue weighted by Gasteiger charge is -2.21. The van der Waals surface area contributed by atoms with Crippen LogP contribution in [-0.4, -0.2) is 37.7 Å². The number of phenolic OH excluding ortho intramolecular Hbond substituents is 1. The minimum Gasteiger partial charge on any atom is -0.505 e. The molecule has 92 valence electrons. The Morgan fingerprint density at radius 2 is 2.24 bits per heavy atom. The van der Waals surface area contributed by atoms with Crippen molar-refractivity contribution in [1.29, 1.82) is 0 Å². The predicted octanol–water partition coefficient (Wildman–Crippen LogP) is 1.22. The number of carbonyl (C=O) groups is 1. The van der Waals surface area contributed by atoms with Crippen molar-refractivity contribution in [2.75, 3.05) is 26.8 Å². The number of fused-ring (bicyclic) bond motifs is 1. The van der Waals surface area contributed by atoms with Gasteiger partial charge in [0.2, 0.25) is 0 Å². The lowest BCUT2D eigenvalue weighted by molar-refractivity contribution is 0.0979. The average Bonchev–Trinajstić information content (AvgIpc) is 2.31. The third-order valence-corrected chi connectivity index (χ3v) is 2.66. The van der Waals surface area contributed by atoms with Crippen molar-refractivity contribution in [1.82, 2.24) is 5.32 Å². The normalized spacial score (nSPS) is 13.5. The highest BCUT2D eigenvalue weighted by Crippen LogP contribution is 2.43. The van der Waals surface area contributed by atoms with Crippen LogP contribution >= 0.6 is 11.6 Å². The first kappa shape index (κ1) is 12.0. The summed E-state index contributed by atoms with van der Waals surface area (Å²) >= 11 is 5.84. The second-order valence-electron chi connectivity index (χ2n) is 3.56. The van der Waals surface area contributed by atoms with Crippen molar-refractivity contribution in [3.8, 4) is 17.2 Å². The Hall–Kier alpha value is -1.46. The van der Waals surface area contributed by atoms with E-state index < -0.39 is 0 Å². The van der Waals surface area contributed by atoms with Gasteiger partial charge in [0.1, 0.15) is 24.5 Å². The fraction of sp³-hybridized carbons (Fsp3) is 0.364. The van der Waals surface area contributed by atoms with E-state index in [1.807, 2.05) is 0 Å². The lowest BCUT2D eigenvalue weighted by Crippen LogP contribution is -2.22. The number of hydrogen-bond acceptors (Lipinski definition) is 5. The van der Waals surface area contributed by atoms with E-state index >= 15 is 0 Å². The van der Waals surface area contributed by atoms with Gasteiger partial charge in [-0.1, -0.05) is 11.6 Å². The first-order chi connectivity index (χ1) is 8.15. The van der Waals surface area contributed by atoms with E-state index in [2.05, 4.69) is 5.32 Å². The van der Waals surface area contributed by atoms with Crippen LogP contribution in [0.3, 0.4) is 0 Å². The molecule has 1 heterocycles. The standard InChI is InChI=1S/C11H12ClNO4/c1-13-5-7(14)9-10(15)6(12)4-8-11(9)17-3-2-16-8/h4,13,15H,2-3,5H2,1H3. The Labute approximate surface area is 103 Å². The molecule has 0 bridgehead atoms. The molecule has 0 spiro atoms. The topological polar surface area (TPSA) is 67.8 Å². The van der Waals surface area contributed by atoms with Gasteiger partial charge in [-0.25, -0.2) is 0 Å². The number of halogens is 1. The molecule has 1 aliphatic rings. The van der Waals surface area contributed by atoms with E-state index in [-0.39, 0.29) is 34.4 Å². The molecule has 0 saturated heterocycles. The second-order valence-corrected chi connectivity index (χ2v) is 3.97. The zero-order valence-corrected chi connectivity index (χ0v) is 10.0. The molecule has 0 radical (unpaired) electrons. The van der Waals surface area contributed by atoms with Gasteiger partial charge in [-0.2, -0.15) is 0 Å². The van der Waals surface area contributed by atoms with Gasteiger partial charge in [-0.3, -0.25) is 4.79 Å². The number of phenols is 1. The Balaban J connectivity index is 2.54. The maximum absolute atomic E-state index is 11.9. The summed E-state index contributed by atoms with van der Waals surface area (Å²) in [6.07, 6.45) is 0. The van der Waals surface area contributed by atoms with Gasteiger partial charge in [-0.05, 0) is 7.05 Å². The van der Waals surface area contributed by atoms with Crippen LogP contribution in [-0.2, 0) is 0 Å². The molecule has 1 aliphatic heterocycles. The predicted molar refractivity (Wildman–Crippen MR) is 62.4 cm³/mol. The van der Waals surface area contributed by atoms with Crippen LogP contribution in [0.4, 0.5) is 0 Å². The summed E-state index contributed by atoms with van der Waals surface area (Å²) in [5, 5.41) is 12.6. The van der Waals surface area contributed by atoms with Gasteiger partial charge >= 0.3 is 0 Å². The molecule has 0 aromatic heterocycles. The third kappa shape index (κ3) is 2.16. The van der Waals surface area contributed by atoms with Crippen LogP contribution in [0, 0.1) is 0 Å². The summed E-state index contributed by atoms with van der Waals surface area (Å²) in [6, 6.07) is 1.45. The Morgan fingerprint density at radius 3 is 2.94 bits per heavy atom. The molecular weight excluding hydrogens is 246 g/mol. The summed E-state index contributed by atoms with van der Waals surface area (Å²) in [5.74, 6) is 0.0855. The van der Waals surface area contributed by atoms with Crippen LogP contribution in [0.15, 0.2) is 6.07 Å². The monoisotopic (exact) mass is 257 g/mol. The molecule has 2 N–H and O–H groups in total. The minimum absolute atomic E-state index is 0.0709. The van der Waals surface area contributed by atoms with Gasteiger partial charge < -0.3 is 19.9 Å². The maximum atomic E-state index is 11.9. The maximum Gasteiger partial charge on any atom is 0.184 e. The minimum atomic E-state index is -0.297. The fourth-order valence-electron chi connectivity index (χ4n) is 1.65. The Bertz CT molecular complexity index is 461. The second kappa shape index (κ2) is 4.81. The number of nitrogens with one attached hydrogen (secondary N) is 1. The summed E-state index contributed by atoms with van der Waals surface area (Å²) in [6.45, 7) is 0.825. The third-order valence-electron chi connectivity index (χ3n) is 2.38. The molecule has 0 saturated carbocycles. The average molecular weight is 258 g/mol. The summed E-state index contributed by atoms with van der Waals surface area (Å²) in [5.41, 5.74) is 0.0709. The van der Waals surface area contributed by atoms with Gasteiger partial charge in [0, 0.05) is 6.07 Å². The number of aromatic hydroxyl groups is 1. The Morgan fingerprint density at radius 1 is 1.53 bits per heavy atom. The van der Waals surface area contributed by atoms with Gasteiger partial charge in [0.25, 0.3) is 0 Å². The van der Waals surface area contributed by atoms with E-state index in [0.717, 1.165) is 0 Å². The molecule has 5 nitrogen and oxygen atoms in total. The SMILES string of the molecule is CNCC(=O)c1c(O)c(Cl)cc2c1OCCO2. The number of benzene rings is 1. The largest absolute Gasteiger partial charge is 0.505 e. The number of ketones is 1.